The Labute approximate surface area is 186 Å². The number of carboxylic acid groups (broad SMARTS) is 2. The highest BCUT2D eigenvalue weighted by Gasteiger charge is 2.31. The molecule has 0 aliphatic carbocycles. The Bertz CT molecular complexity index is 874. The lowest BCUT2D eigenvalue weighted by molar-refractivity contribution is -0.147. The molecule has 182 valence electrons. The van der Waals surface area contributed by atoms with Gasteiger partial charge in [0.1, 0.15) is 18.1 Å². The summed E-state index contributed by atoms with van der Waals surface area (Å²) in [4.78, 5) is 76.6. The predicted octanol–water partition coefficient (Wildman–Crippen LogP) is -4.84. The third-order valence-corrected chi connectivity index (χ3v) is 4.18. The van der Waals surface area contributed by atoms with Gasteiger partial charge in [-0.3, -0.25) is 24.0 Å². The molecule has 16 nitrogen and oxygen atoms in total. The van der Waals surface area contributed by atoms with Crippen molar-refractivity contribution in [2.75, 3.05) is 6.61 Å². The lowest BCUT2D eigenvalue weighted by Crippen LogP contribution is -2.58. The summed E-state index contributed by atoms with van der Waals surface area (Å²) in [6.07, 6.45) is 0.958. The van der Waals surface area contributed by atoms with E-state index in [0.29, 0.717) is 5.69 Å². The van der Waals surface area contributed by atoms with Gasteiger partial charge < -0.3 is 47.7 Å². The number of nitrogens with zero attached hydrogens (tertiary/aromatic N) is 1. The molecule has 0 bridgehead atoms. The van der Waals surface area contributed by atoms with Crippen molar-refractivity contribution in [2.24, 2.45) is 11.5 Å². The van der Waals surface area contributed by atoms with Crippen molar-refractivity contribution in [2.45, 2.75) is 43.4 Å². The van der Waals surface area contributed by atoms with Gasteiger partial charge in [-0.25, -0.2) is 9.78 Å². The van der Waals surface area contributed by atoms with E-state index in [1.54, 1.807) is 0 Å². The van der Waals surface area contributed by atoms with Crippen LogP contribution in [0.2, 0.25) is 0 Å². The highest BCUT2D eigenvalue weighted by atomic mass is 16.4. The number of nitrogens with one attached hydrogen (secondary N) is 4. The molecule has 33 heavy (non-hydrogen) atoms. The van der Waals surface area contributed by atoms with Crippen LogP contribution >= 0.6 is 0 Å². The molecule has 16 heteroatoms. The molecule has 11 N–H and O–H groups in total. The topological polar surface area (TPSA) is 280 Å². The quantitative estimate of drug-likeness (QED) is 0.124. The van der Waals surface area contributed by atoms with Crippen molar-refractivity contribution in [1.29, 1.82) is 0 Å². The number of carbonyl (C=O) groups is 6. The van der Waals surface area contributed by atoms with Crippen LogP contribution in [-0.4, -0.2) is 91.6 Å². The van der Waals surface area contributed by atoms with Crippen molar-refractivity contribution in [3.63, 3.8) is 0 Å². The summed E-state index contributed by atoms with van der Waals surface area (Å²) >= 11 is 0. The van der Waals surface area contributed by atoms with E-state index in [9.17, 15) is 33.9 Å². The zero-order valence-corrected chi connectivity index (χ0v) is 17.2. The maximum absolute atomic E-state index is 12.6. The molecule has 0 aliphatic heterocycles. The second kappa shape index (κ2) is 12.7. The van der Waals surface area contributed by atoms with Crippen LogP contribution in [0.25, 0.3) is 0 Å². The fraction of sp³-hybridized carbons (Fsp3) is 0.471. The van der Waals surface area contributed by atoms with Crippen LogP contribution in [-0.2, 0) is 35.2 Å². The molecule has 0 spiro atoms. The van der Waals surface area contributed by atoms with Crippen molar-refractivity contribution in [3.05, 3.63) is 18.2 Å². The Morgan fingerprint density at radius 3 is 2.00 bits per heavy atom. The van der Waals surface area contributed by atoms with Gasteiger partial charge in [0.05, 0.1) is 31.8 Å². The number of aromatic nitrogens is 2. The van der Waals surface area contributed by atoms with Gasteiger partial charge in [-0.1, -0.05) is 0 Å². The number of primary amides is 1. The molecule has 4 amide bonds. The van der Waals surface area contributed by atoms with Gasteiger partial charge in [0.25, 0.3) is 0 Å². The van der Waals surface area contributed by atoms with E-state index in [2.05, 4.69) is 20.6 Å². The fourth-order valence-electron chi connectivity index (χ4n) is 2.53. The molecule has 0 fully saturated rings. The second-order valence-electron chi connectivity index (χ2n) is 6.86. The highest BCUT2D eigenvalue weighted by molar-refractivity contribution is 5.95. The zero-order chi connectivity index (χ0) is 25.1. The maximum Gasteiger partial charge on any atom is 0.326 e. The molecule has 0 radical (unpaired) electrons. The molecule has 1 rings (SSSR count). The van der Waals surface area contributed by atoms with Gasteiger partial charge in [-0.05, 0) is 0 Å². The Morgan fingerprint density at radius 1 is 0.939 bits per heavy atom. The Balaban J connectivity index is 2.96. The number of aliphatic hydroxyl groups is 1. The van der Waals surface area contributed by atoms with Crippen LogP contribution in [0.5, 0.6) is 0 Å². The lowest BCUT2D eigenvalue weighted by Gasteiger charge is -2.24. The molecular weight excluding hydrogens is 446 g/mol. The summed E-state index contributed by atoms with van der Waals surface area (Å²) in [6, 6.07) is -6.20. The van der Waals surface area contributed by atoms with Gasteiger partial charge in [0.15, 0.2) is 0 Å². The molecule has 0 saturated heterocycles. The first kappa shape index (κ1) is 27.0. The number of carbonyl (C=O) groups excluding carboxylic acids is 4. The number of aliphatic carboxylic acids is 2. The molecule has 0 aromatic carbocycles. The zero-order valence-electron chi connectivity index (χ0n) is 17.2. The predicted molar refractivity (Wildman–Crippen MR) is 107 cm³/mol. The molecule has 1 aromatic rings. The van der Waals surface area contributed by atoms with Crippen molar-refractivity contribution >= 4 is 35.6 Å². The molecule has 4 atom stereocenters. The van der Waals surface area contributed by atoms with Crippen LogP contribution in [0.1, 0.15) is 18.5 Å². The van der Waals surface area contributed by atoms with Gasteiger partial charge in [0, 0.05) is 18.3 Å². The van der Waals surface area contributed by atoms with E-state index in [0.717, 1.165) is 0 Å². The average molecular weight is 471 g/mol. The van der Waals surface area contributed by atoms with Crippen LogP contribution in [0.3, 0.4) is 0 Å². The van der Waals surface area contributed by atoms with Crippen molar-refractivity contribution < 1.29 is 44.1 Å². The third-order valence-electron chi connectivity index (χ3n) is 4.18. The van der Waals surface area contributed by atoms with Gasteiger partial charge in [0.2, 0.25) is 23.6 Å². The number of imidazole rings is 1. The third kappa shape index (κ3) is 9.32. The first-order valence-corrected chi connectivity index (χ1v) is 9.42. The monoisotopic (exact) mass is 471 g/mol. The standard InChI is InChI=1S/C17H25N7O9/c18-8(2-12(19)26)14(29)24-11(5-25)16(31)22-9(1-7-4-20-6-21-7)15(30)23-10(17(32)33)3-13(27)28/h4,6,8-11,25H,1-3,5,18H2,(H2,19,26)(H,20,21)(H,22,31)(H,23,30)(H,24,29)(H,27,28)(H,32,33). The summed E-state index contributed by atoms with van der Waals surface area (Å²) in [5.74, 6) is -7.01. The number of aliphatic hydroxyl groups excluding tert-OH is 1. The number of amides is 4. The summed E-state index contributed by atoms with van der Waals surface area (Å²) in [5.41, 5.74) is 10.8. The van der Waals surface area contributed by atoms with Crippen LogP contribution < -0.4 is 27.4 Å². The Kier molecular flexibility index (Phi) is 10.4. The molecular formula is C17H25N7O9. The number of aromatic amines is 1. The smallest absolute Gasteiger partial charge is 0.326 e. The summed E-state index contributed by atoms with van der Waals surface area (Å²) < 4.78 is 0. The minimum atomic E-state index is -1.78. The molecule has 0 aliphatic rings. The van der Waals surface area contributed by atoms with E-state index in [1.165, 1.54) is 12.5 Å². The van der Waals surface area contributed by atoms with Crippen molar-refractivity contribution in [1.82, 2.24) is 25.9 Å². The van der Waals surface area contributed by atoms with E-state index >= 15 is 0 Å². The number of H-pyrrole nitrogens is 1. The number of rotatable bonds is 14. The van der Waals surface area contributed by atoms with E-state index in [1.807, 2.05) is 5.32 Å². The summed E-state index contributed by atoms with van der Waals surface area (Å²) in [5, 5.41) is 33.8. The first-order valence-electron chi connectivity index (χ1n) is 9.42. The van der Waals surface area contributed by atoms with E-state index in [-0.39, 0.29) is 6.42 Å². The summed E-state index contributed by atoms with van der Waals surface area (Å²) in [7, 11) is 0. The van der Waals surface area contributed by atoms with Gasteiger partial charge in [-0.2, -0.15) is 0 Å². The summed E-state index contributed by atoms with van der Waals surface area (Å²) in [6.45, 7) is -0.907. The first-order chi connectivity index (χ1) is 15.4. The van der Waals surface area contributed by atoms with Crippen LogP contribution in [0, 0.1) is 0 Å². The second-order valence-corrected chi connectivity index (χ2v) is 6.86. The molecule has 1 heterocycles. The lowest BCUT2D eigenvalue weighted by atomic mass is 10.1. The largest absolute Gasteiger partial charge is 0.481 e. The normalized spacial score (nSPS) is 14.2. The van der Waals surface area contributed by atoms with Crippen LogP contribution in [0.15, 0.2) is 12.5 Å². The Morgan fingerprint density at radius 2 is 1.52 bits per heavy atom. The Hall–Kier alpha value is -4.05. The highest BCUT2D eigenvalue weighted by Crippen LogP contribution is 2.03. The van der Waals surface area contributed by atoms with Crippen LogP contribution in [0.4, 0.5) is 0 Å². The average Bonchev–Trinajstić information content (AvgIpc) is 3.22. The van der Waals surface area contributed by atoms with Crippen molar-refractivity contribution in [3.8, 4) is 0 Å². The number of nitrogens with two attached hydrogens (primary N) is 2. The molecule has 1 aromatic heterocycles. The fourth-order valence-corrected chi connectivity index (χ4v) is 2.53. The number of hydrogen-bond acceptors (Lipinski definition) is 9. The van der Waals surface area contributed by atoms with E-state index < -0.39 is 79.2 Å². The molecule has 0 saturated carbocycles. The van der Waals surface area contributed by atoms with Gasteiger partial charge >= 0.3 is 11.9 Å². The van der Waals surface area contributed by atoms with E-state index in [4.69, 9.17) is 21.7 Å². The number of carboxylic acids is 2. The maximum atomic E-state index is 12.6. The SMILES string of the molecule is NC(=O)CC(N)C(=O)NC(CO)C(=O)NC(Cc1cnc[nH]1)C(=O)NC(CC(=O)O)C(=O)O. The van der Waals surface area contributed by atoms with Gasteiger partial charge in [-0.15, -0.1) is 0 Å². The minimum absolute atomic E-state index is 0.218. The minimum Gasteiger partial charge on any atom is -0.481 e. The molecule has 4 unspecified atom stereocenters. The number of hydrogen-bond donors (Lipinski definition) is 9.